The Kier molecular flexibility index (Phi) is 3.82. The van der Waals surface area contributed by atoms with Crippen LogP contribution in [-0.4, -0.2) is 42.7 Å². The number of hydrogen-bond donors (Lipinski definition) is 0. The molecule has 3 aromatic rings. The van der Waals surface area contributed by atoms with Crippen molar-refractivity contribution in [2.45, 2.75) is 52.7 Å². The van der Waals surface area contributed by atoms with Crippen molar-refractivity contribution < 1.29 is 4.74 Å². The molecule has 3 aromatic heterocycles. The largest absolute Gasteiger partial charge is 0.372 e. The number of imidazole rings is 1. The van der Waals surface area contributed by atoms with Gasteiger partial charge in [-0.1, -0.05) is 0 Å². The van der Waals surface area contributed by atoms with E-state index in [4.69, 9.17) is 9.72 Å². The molecule has 0 spiro atoms. The van der Waals surface area contributed by atoms with Gasteiger partial charge < -0.3 is 9.64 Å². The van der Waals surface area contributed by atoms with Crippen LogP contribution in [0.15, 0.2) is 6.33 Å². The van der Waals surface area contributed by atoms with E-state index in [1.807, 2.05) is 18.4 Å². The first-order chi connectivity index (χ1) is 13.1. The van der Waals surface area contributed by atoms with Gasteiger partial charge in [-0.15, -0.1) is 0 Å². The topological polar surface area (TPSA) is 81.3 Å². The molecule has 1 atom stereocenters. The van der Waals surface area contributed by atoms with Gasteiger partial charge in [-0.3, -0.25) is 0 Å². The summed E-state index contributed by atoms with van der Waals surface area (Å²) in [6, 6.07) is 0. The molecule has 0 radical (unpaired) electrons. The van der Waals surface area contributed by atoms with Gasteiger partial charge in [0.1, 0.15) is 35.3 Å². The molecule has 2 aliphatic rings. The Morgan fingerprint density at radius 3 is 2.85 bits per heavy atom. The molecule has 140 valence electrons. The lowest BCUT2D eigenvalue weighted by atomic mass is 10.0. The summed E-state index contributed by atoms with van der Waals surface area (Å²) in [5, 5.41) is 4.44. The maximum Gasteiger partial charge on any atom is 0.158 e. The van der Waals surface area contributed by atoms with E-state index in [0.29, 0.717) is 0 Å². The quantitative estimate of drug-likeness (QED) is 0.689. The Balaban J connectivity index is 1.61. The van der Waals surface area contributed by atoms with E-state index in [1.165, 1.54) is 5.56 Å². The van der Waals surface area contributed by atoms with Crippen molar-refractivity contribution in [3.63, 3.8) is 0 Å². The van der Waals surface area contributed by atoms with E-state index in [2.05, 4.69) is 31.9 Å². The molecule has 0 unspecified atom stereocenters. The molecule has 0 amide bonds. The number of aryl methyl sites for hydroxylation is 3. The van der Waals surface area contributed by atoms with Crippen LogP contribution in [0, 0.1) is 20.8 Å². The van der Waals surface area contributed by atoms with Crippen molar-refractivity contribution in [1.82, 2.24) is 29.5 Å². The fourth-order valence-corrected chi connectivity index (χ4v) is 4.25. The van der Waals surface area contributed by atoms with Crippen molar-refractivity contribution in [3.05, 3.63) is 40.6 Å². The number of aromatic nitrogens is 6. The summed E-state index contributed by atoms with van der Waals surface area (Å²) < 4.78 is 7.82. The molecule has 0 saturated carbocycles. The van der Waals surface area contributed by atoms with Gasteiger partial charge >= 0.3 is 0 Å². The number of anilines is 1. The van der Waals surface area contributed by atoms with Gasteiger partial charge in [-0.05, 0) is 33.6 Å². The summed E-state index contributed by atoms with van der Waals surface area (Å²) in [5.41, 5.74) is 5.35. The zero-order chi connectivity index (χ0) is 18.5. The van der Waals surface area contributed by atoms with E-state index in [9.17, 15) is 0 Å². The molecule has 8 heteroatoms. The lowest BCUT2D eigenvalue weighted by Gasteiger charge is -2.30. The molecule has 0 aliphatic carbocycles. The van der Waals surface area contributed by atoms with Gasteiger partial charge in [0, 0.05) is 37.4 Å². The van der Waals surface area contributed by atoms with Gasteiger partial charge in [0.05, 0.1) is 5.69 Å². The third-order valence-electron chi connectivity index (χ3n) is 5.52. The summed E-state index contributed by atoms with van der Waals surface area (Å²) in [5.74, 6) is 2.63. The van der Waals surface area contributed by atoms with E-state index >= 15 is 0 Å². The molecule has 0 aromatic carbocycles. The fraction of sp³-hybridized carbons (Fsp3) is 0.526. The Bertz CT molecular complexity index is 1020. The lowest BCUT2D eigenvalue weighted by molar-refractivity contribution is 0.110. The second-order valence-corrected chi connectivity index (χ2v) is 7.34. The Labute approximate surface area is 157 Å². The number of rotatable bonds is 2. The zero-order valence-corrected chi connectivity index (χ0v) is 15.9. The zero-order valence-electron chi connectivity index (χ0n) is 15.9. The number of hydrogen-bond acceptors (Lipinski definition) is 7. The van der Waals surface area contributed by atoms with Crippen LogP contribution >= 0.6 is 0 Å². The SMILES string of the molecule is Cc1nc(C)c2c(n1)CCN(c1ncnn3c(C)nc([C@@H]4CCCO4)c13)C2. The van der Waals surface area contributed by atoms with Gasteiger partial charge in [-0.25, -0.2) is 24.5 Å². The van der Waals surface area contributed by atoms with Gasteiger partial charge in [0.25, 0.3) is 0 Å². The first kappa shape index (κ1) is 16.6. The average Bonchev–Trinajstić information content (AvgIpc) is 3.30. The van der Waals surface area contributed by atoms with Crippen molar-refractivity contribution in [3.8, 4) is 0 Å². The first-order valence-electron chi connectivity index (χ1n) is 9.51. The highest BCUT2D eigenvalue weighted by Gasteiger charge is 2.29. The lowest BCUT2D eigenvalue weighted by Crippen LogP contribution is -2.33. The third kappa shape index (κ3) is 2.66. The highest BCUT2D eigenvalue weighted by atomic mass is 16.5. The summed E-state index contributed by atoms with van der Waals surface area (Å²) in [4.78, 5) is 20.9. The highest BCUT2D eigenvalue weighted by Crippen LogP contribution is 2.35. The van der Waals surface area contributed by atoms with Crippen molar-refractivity contribution >= 4 is 11.3 Å². The third-order valence-corrected chi connectivity index (χ3v) is 5.52. The molecule has 1 fully saturated rings. The predicted octanol–water partition coefficient (Wildman–Crippen LogP) is 2.25. The van der Waals surface area contributed by atoms with Crippen LogP contribution in [0.1, 0.15) is 53.2 Å². The molecule has 0 N–H and O–H groups in total. The van der Waals surface area contributed by atoms with Crippen LogP contribution in [0.25, 0.3) is 5.52 Å². The standard InChI is InChI=1S/C19H23N7O/c1-11-14-9-25(7-6-15(14)23-12(2)22-11)19-18-17(16-5-4-8-27-16)24-13(3)26(18)21-10-20-19/h10,16H,4-9H2,1-3H3/t16-/m0/s1. The van der Waals surface area contributed by atoms with Gasteiger partial charge in [0.15, 0.2) is 5.82 Å². The van der Waals surface area contributed by atoms with Crippen LogP contribution in [-0.2, 0) is 17.7 Å². The molecule has 1 saturated heterocycles. The van der Waals surface area contributed by atoms with Crippen molar-refractivity contribution in [1.29, 1.82) is 0 Å². The van der Waals surface area contributed by atoms with Gasteiger partial charge in [-0.2, -0.15) is 5.10 Å². The van der Waals surface area contributed by atoms with Crippen LogP contribution in [0.3, 0.4) is 0 Å². The maximum atomic E-state index is 5.92. The van der Waals surface area contributed by atoms with E-state index in [-0.39, 0.29) is 6.10 Å². The summed E-state index contributed by atoms with van der Waals surface area (Å²) in [7, 11) is 0. The predicted molar refractivity (Wildman–Crippen MR) is 99.7 cm³/mol. The minimum Gasteiger partial charge on any atom is -0.372 e. The van der Waals surface area contributed by atoms with Gasteiger partial charge in [0.2, 0.25) is 0 Å². The molecule has 2 aliphatic heterocycles. The molecule has 5 rings (SSSR count). The molecular weight excluding hydrogens is 342 g/mol. The van der Waals surface area contributed by atoms with Crippen LogP contribution in [0.5, 0.6) is 0 Å². The van der Waals surface area contributed by atoms with Crippen LogP contribution in [0.2, 0.25) is 0 Å². The van der Waals surface area contributed by atoms with E-state index < -0.39 is 0 Å². The number of fused-ring (bicyclic) bond motifs is 2. The van der Waals surface area contributed by atoms with Crippen LogP contribution < -0.4 is 4.90 Å². The summed E-state index contributed by atoms with van der Waals surface area (Å²) in [6.45, 7) is 8.41. The number of nitrogens with zero attached hydrogens (tertiary/aromatic N) is 7. The summed E-state index contributed by atoms with van der Waals surface area (Å²) in [6.07, 6.45) is 4.60. The van der Waals surface area contributed by atoms with Crippen molar-refractivity contribution in [2.75, 3.05) is 18.1 Å². The van der Waals surface area contributed by atoms with E-state index in [0.717, 1.165) is 79.0 Å². The fourth-order valence-electron chi connectivity index (χ4n) is 4.25. The minimum absolute atomic E-state index is 0.0308. The Morgan fingerprint density at radius 1 is 1.15 bits per heavy atom. The smallest absolute Gasteiger partial charge is 0.158 e. The first-order valence-corrected chi connectivity index (χ1v) is 9.51. The Hall–Kier alpha value is -2.61. The number of ether oxygens (including phenoxy) is 1. The molecule has 0 bridgehead atoms. The summed E-state index contributed by atoms with van der Waals surface area (Å²) >= 11 is 0. The molecule has 5 heterocycles. The minimum atomic E-state index is 0.0308. The normalized spacial score (nSPS) is 19.7. The molecule has 27 heavy (non-hydrogen) atoms. The Morgan fingerprint density at radius 2 is 2.04 bits per heavy atom. The van der Waals surface area contributed by atoms with Crippen LogP contribution in [0.4, 0.5) is 5.82 Å². The average molecular weight is 365 g/mol. The monoisotopic (exact) mass is 365 g/mol. The molecule has 8 nitrogen and oxygen atoms in total. The van der Waals surface area contributed by atoms with E-state index in [1.54, 1.807) is 6.33 Å². The highest BCUT2D eigenvalue weighted by molar-refractivity contribution is 5.73. The second-order valence-electron chi connectivity index (χ2n) is 7.34. The maximum absolute atomic E-state index is 5.92. The molecular formula is C19H23N7O. The van der Waals surface area contributed by atoms with Crippen molar-refractivity contribution in [2.24, 2.45) is 0 Å². The second kappa shape index (κ2) is 6.23.